The summed E-state index contributed by atoms with van der Waals surface area (Å²) < 4.78 is 4.94. The van der Waals surface area contributed by atoms with Crippen LogP contribution >= 0.6 is 0 Å². The summed E-state index contributed by atoms with van der Waals surface area (Å²) in [4.78, 5) is 34.0. The van der Waals surface area contributed by atoms with Gasteiger partial charge in [0.05, 0.1) is 10.4 Å². The predicted octanol–water partition coefficient (Wildman–Crippen LogP) is 2.27. The molecule has 3 rings (SSSR count). The lowest BCUT2D eigenvalue weighted by atomic mass is 10.2. The number of nitro groups is 1. The zero-order valence-electron chi connectivity index (χ0n) is 12.8. The van der Waals surface area contributed by atoms with Gasteiger partial charge in [-0.15, -0.1) is 0 Å². The molecule has 2 N–H and O–H groups in total. The molecule has 3 aromatic rings. The topological polar surface area (TPSA) is 127 Å². The van der Waals surface area contributed by atoms with Crippen molar-refractivity contribution in [3.05, 3.63) is 64.3 Å². The number of carbonyl (C=O) groups is 2. The van der Waals surface area contributed by atoms with Gasteiger partial charge in [-0.3, -0.25) is 20.0 Å². The Morgan fingerprint density at radius 2 is 2.00 bits per heavy atom. The van der Waals surface area contributed by atoms with E-state index < -0.39 is 23.4 Å². The van der Waals surface area contributed by atoms with E-state index >= 15 is 0 Å². The van der Waals surface area contributed by atoms with Crippen LogP contribution in [0.25, 0.3) is 10.9 Å². The Bertz CT molecular complexity index is 966. The summed E-state index contributed by atoms with van der Waals surface area (Å²) in [6.45, 7) is -0.539. The molecule has 0 aliphatic heterocycles. The fraction of sp³-hybridized carbons (Fsp3) is 0.0625. The van der Waals surface area contributed by atoms with Gasteiger partial charge in [-0.05, 0) is 12.1 Å². The molecule has 25 heavy (non-hydrogen) atoms. The minimum absolute atomic E-state index is 0.0822. The number of carbonyl (C=O) groups excluding carboxylic acids is 2. The van der Waals surface area contributed by atoms with Gasteiger partial charge in [0.25, 0.3) is 11.6 Å². The molecule has 0 aliphatic rings. The fourth-order valence-corrected chi connectivity index (χ4v) is 2.21. The number of fused-ring (bicyclic) bond motifs is 1. The number of H-pyrrole nitrogens is 1. The molecule has 1 amide bonds. The van der Waals surface area contributed by atoms with Gasteiger partial charge in [-0.25, -0.2) is 4.79 Å². The summed E-state index contributed by atoms with van der Waals surface area (Å²) in [7, 11) is 0. The molecule has 0 bridgehead atoms. The molecule has 0 spiro atoms. The van der Waals surface area contributed by atoms with E-state index in [0.717, 1.165) is 0 Å². The average molecular weight is 340 g/mol. The van der Waals surface area contributed by atoms with Crippen LogP contribution in [-0.2, 0) is 9.53 Å². The van der Waals surface area contributed by atoms with Crippen molar-refractivity contribution in [3.8, 4) is 0 Å². The van der Waals surface area contributed by atoms with Gasteiger partial charge in [0.15, 0.2) is 12.3 Å². The third-order valence-electron chi connectivity index (χ3n) is 3.34. The maximum Gasteiger partial charge on any atom is 0.359 e. The van der Waals surface area contributed by atoms with Crippen molar-refractivity contribution in [2.24, 2.45) is 0 Å². The van der Waals surface area contributed by atoms with Crippen LogP contribution in [-0.4, -0.2) is 33.6 Å². The Labute approximate surface area is 140 Å². The molecule has 2 aromatic carbocycles. The molecule has 0 atom stereocenters. The molecule has 0 unspecified atom stereocenters. The molecule has 9 heteroatoms. The van der Waals surface area contributed by atoms with Crippen molar-refractivity contribution in [1.82, 2.24) is 10.2 Å². The number of hydrogen-bond acceptors (Lipinski definition) is 6. The van der Waals surface area contributed by atoms with Crippen molar-refractivity contribution in [1.29, 1.82) is 0 Å². The van der Waals surface area contributed by atoms with E-state index in [1.165, 1.54) is 24.3 Å². The molecule has 9 nitrogen and oxygen atoms in total. The van der Waals surface area contributed by atoms with Crippen LogP contribution in [0.5, 0.6) is 0 Å². The highest BCUT2D eigenvalue weighted by molar-refractivity contribution is 6.03. The first-order valence-electron chi connectivity index (χ1n) is 7.19. The standard InChI is InChI=1S/C16H12N4O5/c21-14(17-10-4-3-5-11(8-10)20(23)24)9-25-16(22)15-12-6-1-2-7-13(12)18-19-15/h1-8H,9H2,(H,17,21)(H,18,19). The van der Waals surface area contributed by atoms with Crippen molar-refractivity contribution in [2.75, 3.05) is 11.9 Å². The zero-order chi connectivity index (χ0) is 17.8. The van der Waals surface area contributed by atoms with E-state index in [1.54, 1.807) is 24.3 Å². The molecule has 0 aliphatic carbocycles. The van der Waals surface area contributed by atoms with E-state index in [-0.39, 0.29) is 17.1 Å². The fourth-order valence-electron chi connectivity index (χ4n) is 2.21. The lowest BCUT2D eigenvalue weighted by Gasteiger charge is -2.05. The van der Waals surface area contributed by atoms with E-state index in [2.05, 4.69) is 15.5 Å². The van der Waals surface area contributed by atoms with Crippen LogP contribution in [0.3, 0.4) is 0 Å². The Kier molecular flexibility index (Phi) is 4.38. The molecule has 0 saturated carbocycles. The van der Waals surface area contributed by atoms with E-state index in [9.17, 15) is 19.7 Å². The smallest absolute Gasteiger partial charge is 0.359 e. The lowest BCUT2D eigenvalue weighted by Crippen LogP contribution is -2.21. The number of hydrogen-bond donors (Lipinski definition) is 2. The highest BCUT2D eigenvalue weighted by Crippen LogP contribution is 2.17. The van der Waals surface area contributed by atoms with Gasteiger partial charge in [0, 0.05) is 23.2 Å². The minimum Gasteiger partial charge on any atom is -0.451 e. The number of nitrogens with zero attached hydrogens (tertiary/aromatic N) is 2. The summed E-state index contributed by atoms with van der Waals surface area (Å²) in [6.07, 6.45) is 0. The number of non-ortho nitro benzene ring substituents is 1. The van der Waals surface area contributed by atoms with Crippen molar-refractivity contribution >= 4 is 34.2 Å². The molecular formula is C16H12N4O5. The second-order valence-electron chi connectivity index (χ2n) is 5.05. The third-order valence-corrected chi connectivity index (χ3v) is 3.34. The lowest BCUT2D eigenvalue weighted by molar-refractivity contribution is -0.384. The van der Waals surface area contributed by atoms with Gasteiger partial charge in [0.1, 0.15) is 0 Å². The van der Waals surface area contributed by atoms with Crippen LogP contribution in [0.1, 0.15) is 10.5 Å². The number of aromatic nitrogens is 2. The largest absolute Gasteiger partial charge is 0.451 e. The summed E-state index contributed by atoms with van der Waals surface area (Å²) >= 11 is 0. The maximum atomic E-state index is 12.0. The monoisotopic (exact) mass is 340 g/mol. The van der Waals surface area contributed by atoms with Crippen LogP contribution in [0.2, 0.25) is 0 Å². The number of nitrogens with one attached hydrogen (secondary N) is 2. The first-order valence-corrected chi connectivity index (χ1v) is 7.19. The molecule has 1 heterocycles. The predicted molar refractivity (Wildman–Crippen MR) is 88.1 cm³/mol. The number of amides is 1. The molecule has 0 radical (unpaired) electrons. The van der Waals surface area contributed by atoms with Gasteiger partial charge in [-0.1, -0.05) is 24.3 Å². The van der Waals surface area contributed by atoms with E-state index in [1.807, 2.05) is 0 Å². The number of nitro benzene ring substituents is 1. The number of aromatic amines is 1. The van der Waals surface area contributed by atoms with Crippen LogP contribution < -0.4 is 5.32 Å². The molecule has 1 aromatic heterocycles. The summed E-state index contributed by atoms with van der Waals surface area (Å²) in [6, 6.07) is 12.5. The first-order chi connectivity index (χ1) is 12.0. The van der Waals surface area contributed by atoms with E-state index in [4.69, 9.17) is 4.74 Å². The third kappa shape index (κ3) is 3.61. The molecular weight excluding hydrogens is 328 g/mol. The van der Waals surface area contributed by atoms with Gasteiger partial charge in [-0.2, -0.15) is 5.10 Å². The van der Waals surface area contributed by atoms with E-state index in [0.29, 0.717) is 10.9 Å². The molecule has 0 saturated heterocycles. The van der Waals surface area contributed by atoms with Crippen molar-refractivity contribution < 1.29 is 19.2 Å². The minimum atomic E-state index is -0.744. The van der Waals surface area contributed by atoms with Crippen LogP contribution in [0, 0.1) is 10.1 Å². The number of rotatable bonds is 5. The summed E-state index contributed by atoms with van der Waals surface area (Å²) in [5, 5.41) is 20.3. The molecule has 126 valence electrons. The number of esters is 1. The normalized spacial score (nSPS) is 10.4. The highest BCUT2D eigenvalue weighted by atomic mass is 16.6. The summed E-state index contributed by atoms with van der Waals surface area (Å²) in [5.74, 6) is -1.36. The quantitative estimate of drug-likeness (QED) is 0.416. The maximum absolute atomic E-state index is 12.0. The first kappa shape index (κ1) is 16.1. The summed E-state index contributed by atoms with van der Waals surface area (Å²) in [5.41, 5.74) is 0.840. The number of para-hydroxylation sites is 1. The Hall–Kier alpha value is -3.75. The Morgan fingerprint density at radius 3 is 2.80 bits per heavy atom. The van der Waals surface area contributed by atoms with Crippen molar-refractivity contribution in [2.45, 2.75) is 0 Å². The van der Waals surface area contributed by atoms with Gasteiger partial charge < -0.3 is 10.1 Å². The van der Waals surface area contributed by atoms with Crippen LogP contribution in [0.4, 0.5) is 11.4 Å². The van der Waals surface area contributed by atoms with Crippen molar-refractivity contribution in [3.63, 3.8) is 0 Å². The van der Waals surface area contributed by atoms with Gasteiger partial charge in [0.2, 0.25) is 0 Å². The number of anilines is 1. The SMILES string of the molecule is O=C(COC(=O)c1n[nH]c2ccccc12)Nc1cccc([N+](=O)[O-])c1. The second kappa shape index (κ2) is 6.79. The highest BCUT2D eigenvalue weighted by Gasteiger charge is 2.17. The zero-order valence-corrected chi connectivity index (χ0v) is 12.8. The second-order valence-corrected chi connectivity index (χ2v) is 5.05. The Balaban J connectivity index is 1.61. The average Bonchev–Trinajstić information content (AvgIpc) is 3.04. The van der Waals surface area contributed by atoms with Gasteiger partial charge >= 0.3 is 5.97 Å². The molecule has 0 fully saturated rings. The number of ether oxygens (including phenoxy) is 1. The Morgan fingerprint density at radius 1 is 1.20 bits per heavy atom. The number of benzene rings is 2. The van der Waals surface area contributed by atoms with Crippen LogP contribution in [0.15, 0.2) is 48.5 Å².